The van der Waals surface area contributed by atoms with Crippen molar-refractivity contribution in [1.82, 2.24) is 19.2 Å². The Morgan fingerprint density at radius 2 is 2.20 bits per heavy atom. The van der Waals surface area contributed by atoms with E-state index in [1.807, 2.05) is 25.3 Å². The molecular weight excluding hydrogens is 276 g/mol. The summed E-state index contributed by atoms with van der Waals surface area (Å²) in [4.78, 5) is 4.24. The summed E-state index contributed by atoms with van der Waals surface area (Å²) < 4.78 is 29.1. The second-order valence-electron chi connectivity index (χ2n) is 5.81. The Kier molecular flexibility index (Phi) is 3.38. The summed E-state index contributed by atoms with van der Waals surface area (Å²) in [6, 6.07) is 0.0482. The Morgan fingerprint density at radius 1 is 1.45 bits per heavy atom. The van der Waals surface area contributed by atoms with Crippen molar-refractivity contribution in [3.63, 3.8) is 0 Å². The molecule has 3 rings (SSSR count). The number of hydrogen-bond acceptors (Lipinski definition) is 4. The van der Waals surface area contributed by atoms with Gasteiger partial charge in [0.15, 0.2) is 5.03 Å². The molecule has 0 saturated carbocycles. The van der Waals surface area contributed by atoms with Crippen molar-refractivity contribution in [2.75, 3.05) is 19.6 Å². The molecule has 1 aromatic heterocycles. The fourth-order valence-corrected chi connectivity index (χ4v) is 5.22. The molecule has 2 aliphatic rings. The van der Waals surface area contributed by atoms with Crippen LogP contribution in [0.5, 0.6) is 0 Å². The predicted octanol–water partition coefficient (Wildman–Crippen LogP) is 0.440. The first-order valence-electron chi connectivity index (χ1n) is 7.21. The molecule has 2 fully saturated rings. The van der Waals surface area contributed by atoms with Crippen molar-refractivity contribution >= 4 is 10.0 Å². The molecule has 0 aliphatic carbocycles. The molecule has 6 nitrogen and oxygen atoms in total. The van der Waals surface area contributed by atoms with Crippen LogP contribution in [0.1, 0.15) is 19.7 Å². The zero-order valence-corrected chi connectivity index (χ0v) is 13.0. The Bertz CT molecular complexity index is 610. The SMILES string of the molecule is CCn1cc(S(=O)(=O)N2CC3CNCC3C2C)nc1C. The molecule has 0 bridgehead atoms. The van der Waals surface area contributed by atoms with Crippen LogP contribution >= 0.6 is 0 Å². The van der Waals surface area contributed by atoms with Gasteiger partial charge in [-0.3, -0.25) is 0 Å². The van der Waals surface area contributed by atoms with E-state index in [9.17, 15) is 8.42 Å². The Balaban J connectivity index is 1.92. The molecule has 1 aromatic rings. The maximum atomic E-state index is 12.8. The van der Waals surface area contributed by atoms with Crippen molar-refractivity contribution in [2.45, 2.75) is 38.4 Å². The molecular formula is C13H22N4O2S. The second kappa shape index (κ2) is 4.82. The molecule has 7 heteroatoms. The third kappa shape index (κ3) is 1.99. The Hall–Kier alpha value is -0.920. The first-order valence-corrected chi connectivity index (χ1v) is 8.65. The molecule has 3 unspecified atom stereocenters. The molecule has 112 valence electrons. The monoisotopic (exact) mass is 298 g/mol. The van der Waals surface area contributed by atoms with E-state index in [1.54, 1.807) is 10.5 Å². The van der Waals surface area contributed by atoms with Crippen LogP contribution in [0.15, 0.2) is 11.2 Å². The minimum atomic E-state index is -3.47. The van der Waals surface area contributed by atoms with E-state index < -0.39 is 10.0 Å². The van der Waals surface area contributed by atoms with Gasteiger partial charge in [-0.25, -0.2) is 13.4 Å². The van der Waals surface area contributed by atoms with Gasteiger partial charge in [-0.15, -0.1) is 0 Å². The molecule has 2 aliphatic heterocycles. The number of rotatable bonds is 3. The van der Waals surface area contributed by atoms with Crippen LogP contribution in [-0.2, 0) is 16.6 Å². The summed E-state index contributed by atoms with van der Waals surface area (Å²) >= 11 is 0. The normalized spacial score (nSPS) is 30.9. The van der Waals surface area contributed by atoms with E-state index in [-0.39, 0.29) is 11.1 Å². The summed E-state index contributed by atoms with van der Waals surface area (Å²) in [6.07, 6.45) is 1.66. The lowest BCUT2D eigenvalue weighted by molar-refractivity contribution is 0.359. The van der Waals surface area contributed by atoms with Gasteiger partial charge in [0.05, 0.1) is 0 Å². The summed E-state index contributed by atoms with van der Waals surface area (Å²) in [5.41, 5.74) is 0. The molecule has 3 heterocycles. The quantitative estimate of drug-likeness (QED) is 0.879. The molecule has 0 radical (unpaired) electrons. The Labute approximate surface area is 120 Å². The van der Waals surface area contributed by atoms with Crippen LogP contribution in [0, 0.1) is 18.8 Å². The van der Waals surface area contributed by atoms with Crippen molar-refractivity contribution in [2.24, 2.45) is 11.8 Å². The average Bonchev–Trinajstić information content (AvgIpc) is 3.06. The van der Waals surface area contributed by atoms with Gasteiger partial charge in [-0.1, -0.05) is 0 Å². The van der Waals surface area contributed by atoms with Crippen LogP contribution in [0.25, 0.3) is 0 Å². The average molecular weight is 298 g/mol. The molecule has 0 amide bonds. The lowest BCUT2D eigenvalue weighted by Gasteiger charge is -2.22. The third-order valence-electron chi connectivity index (χ3n) is 4.75. The van der Waals surface area contributed by atoms with Crippen molar-refractivity contribution in [1.29, 1.82) is 0 Å². The van der Waals surface area contributed by atoms with Gasteiger partial charge in [0.1, 0.15) is 5.82 Å². The molecule has 2 saturated heterocycles. The van der Waals surface area contributed by atoms with E-state index in [0.29, 0.717) is 18.4 Å². The van der Waals surface area contributed by atoms with Crippen molar-refractivity contribution < 1.29 is 8.42 Å². The summed E-state index contributed by atoms with van der Waals surface area (Å²) in [5.74, 6) is 1.62. The number of nitrogens with zero attached hydrogens (tertiary/aromatic N) is 3. The van der Waals surface area contributed by atoms with Crippen LogP contribution in [0.2, 0.25) is 0 Å². The first kappa shape index (κ1) is 14.0. The maximum Gasteiger partial charge on any atom is 0.262 e. The third-order valence-corrected chi connectivity index (χ3v) is 6.57. The van der Waals surface area contributed by atoms with Gasteiger partial charge in [0, 0.05) is 25.3 Å². The first-order chi connectivity index (χ1) is 9.45. The van der Waals surface area contributed by atoms with Gasteiger partial charge in [-0.2, -0.15) is 4.31 Å². The molecule has 1 N–H and O–H groups in total. The second-order valence-corrected chi connectivity index (χ2v) is 7.65. The fraction of sp³-hybridized carbons (Fsp3) is 0.769. The van der Waals surface area contributed by atoms with E-state index in [1.165, 1.54) is 0 Å². The number of fused-ring (bicyclic) bond motifs is 1. The predicted molar refractivity (Wildman–Crippen MR) is 75.8 cm³/mol. The highest BCUT2D eigenvalue weighted by Crippen LogP contribution is 2.35. The smallest absolute Gasteiger partial charge is 0.262 e. The van der Waals surface area contributed by atoms with Gasteiger partial charge in [-0.05, 0) is 45.7 Å². The molecule has 0 aromatic carbocycles. The topological polar surface area (TPSA) is 67.2 Å². The number of imidazole rings is 1. The standard InChI is InChI=1S/C13H22N4O2S/c1-4-16-8-13(15-10(16)3)20(18,19)17-7-11-5-14-6-12(11)9(17)2/h8-9,11-12,14H,4-7H2,1-3H3. The van der Waals surface area contributed by atoms with Crippen LogP contribution in [0.4, 0.5) is 0 Å². The molecule has 20 heavy (non-hydrogen) atoms. The summed E-state index contributed by atoms with van der Waals surface area (Å²) in [7, 11) is -3.47. The fourth-order valence-electron chi connectivity index (χ4n) is 3.49. The highest BCUT2D eigenvalue weighted by Gasteiger charge is 2.47. The van der Waals surface area contributed by atoms with Crippen LogP contribution in [-0.4, -0.2) is 48.0 Å². The zero-order chi connectivity index (χ0) is 14.5. The number of sulfonamides is 1. The van der Waals surface area contributed by atoms with Crippen molar-refractivity contribution in [3.8, 4) is 0 Å². The van der Waals surface area contributed by atoms with E-state index in [0.717, 1.165) is 25.5 Å². The van der Waals surface area contributed by atoms with E-state index in [4.69, 9.17) is 0 Å². The van der Waals surface area contributed by atoms with Gasteiger partial charge in [0.25, 0.3) is 10.0 Å². The molecule has 0 spiro atoms. The number of aryl methyl sites for hydroxylation is 2. The number of aromatic nitrogens is 2. The Morgan fingerprint density at radius 3 is 2.80 bits per heavy atom. The summed E-state index contributed by atoms with van der Waals surface area (Å²) in [5, 5.41) is 3.54. The van der Waals surface area contributed by atoms with Gasteiger partial charge >= 0.3 is 0 Å². The number of hydrogen-bond donors (Lipinski definition) is 1. The maximum absolute atomic E-state index is 12.8. The van der Waals surface area contributed by atoms with Crippen molar-refractivity contribution in [3.05, 3.63) is 12.0 Å². The lowest BCUT2D eigenvalue weighted by atomic mass is 9.95. The van der Waals surface area contributed by atoms with Gasteiger partial charge < -0.3 is 9.88 Å². The lowest BCUT2D eigenvalue weighted by Crippen LogP contribution is -2.38. The zero-order valence-electron chi connectivity index (χ0n) is 12.2. The highest BCUT2D eigenvalue weighted by atomic mass is 32.2. The highest BCUT2D eigenvalue weighted by molar-refractivity contribution is 7.89. The van der Waals surface area contributed by atoms with Crippen LogP contribution in [0.3, 0.4) is 0 Å². The largest absolute Gasteiger partial charge is 0.334 e. The van der Waals surface area contributed by atoms with E-state index in [2.05, 4.69) is 10.3 Å². The van der Waals surface area contributed by atoms with Crippen LogP contribution < -0.4 is 5.32 Å². The van der Waals surface area contributed by atoms with E-state index >= 15 is 0 Å². The summed E-state index contributed by atoms with van der Waals surface area (Å²) in [6.45, 7) is 9.02. The van der Waals surface area contributed by atoms with Gasteiger partial charge in [0.2, 0.25) is 0 Å². The number of nitrogens with one attached hydrogen (secondary N) is 1. The molecule has 3 atom stereocenters. The minimum Gasteiger partial charge on any atom is -0.334 e. The minimum absolute atomic E-state index is 0.0482.